The Balaban J connectivity index is 2.73. The van der Waals surface area contributed by atoms with Gasteiger partial charge < -0.3 is 14.4 Å². The van der Waals surface area contributed by atoms with Gasteiger partial charge in [-0.25, -0.2) is 4.39 Å². The van der Waals surface area contributed by atoms with Crippen molar-refractivity contribution < 1.29 is 18.7 Å². The van der Waals surface area contributed by atoms with Crippen molar-refractivity contribution in [2.75, 3.05) is 39.5 Å². The fourth-order valence-electron chi connectivity index (χ4n) is 1.91. The zero-order valence-electron chi connectivity index (χ0n) is 13.0. The normalized spacial score (nSPS) is 10.7. The van der Waals surface area contributed by atoms with Gasteiger partial charge in [0.05, 0.1) is 13.2 Å². The molecule has 0 fully saturated rings. The van der Waals surface area contributed by atoms with E-state index in [-0.39, 0.29) is 11.7 Å². The molecular formula is C16H24FNO3. The fourth-order valence-corrected chi connectivity index (χ4v) is 1.91. The second-order valence-corrected chi connectivity index (χ2v) is 4.65. The van der Waals surface area contributed by atoms with Crippen molar-refractivity contribution in [1.82, 2.24) is 4.90 Å². The summed E-state index contributed by atoms with van der Waals surface area (Å²) in [5.74, 6) is -0.431. The fraction of sp³-hybridized carbons (Fsp3) is 0.562. The van der Waals surface area contributed by atoms with Gasteiger partial charge in [0.25, 0.3) is 5.91 Å². The zero-order chi connectivity index (χ0) is 15.7. The number of benzene rings is 1. The van der Waals surface area contributed by atoms with E-state index in [1.54, 1.807) is 17.9 Å². The van der Waals surface area contributed by atoms with Crippen molar-refractivity contribution in [1.29, 1.82) is 0 Å². The minimum atomic E-state index is -0.304. The molecule has 1 rings (SSSR count). The molecule has 118 valence electrons. The lowest BCUT2D eigenvalue weighted by Gasteiger charge is -2.22. The predicted molar refractivity (Wildman–Crippen MR) is 80.0 cm³/mol. The molecule has 1 amide bonds. The van der Waals surface area contributed by atoms with Gasteiger partial charge in [0.1, 0.15) is 5.82 Å². The molecule has 0 heterocycles. The van der Waals surface area contributed by atoms with E-state index < -0.39 is 0 Å². The second kappa shape index (κ2) is 9.47. The number of ether oxygens (including phenoxy) is 2. The number of aryl methyl sites for hydroxylation is 1. The molecule has 0 bridgehead atoms. The van der Waals surface area contributed by atoms with E-state index in [4.69, 9.17) is 9.47 Å². The van der Waals surface area contributed by atoms with Crippen molar-refractivity contribution >= 4 is 5.91 Å². The molecule has 4 nitrogen and oxygen atoms in total. The predicted octanol–water partition coefficient (Wildman–Crippen LogP) is 2.65. The highest BCUT2D eigenvalue weighted by molar-refractivity contribution is 5.94. The molecule has 0 N–H and O–H groups in total. The van der Waals surface area contributed by atoms with E-state index in [9.17, 15) is 9.18 Å². The standard InChI is InChI=1S/C16H24FNO3/c1-4-20-10-8-18(9-11-21-5-2)16(19)14-6-7-15(17)13(3)12-14/h6-7,12H,4-5,8-11H2,1-3H3. The highest BCUT2D eigenvalue weighted by Crippen LogP contribution is 2.11. The van der Waals surface area contributed by atoms with Gasteiger partial charge in [-0.1, -0.05) is 0 Å². The van der Waals surface area contributed by atoms with Crippen LogP contribution in [-0.4, -0.2) is 50.3 Å². The zero-order valence-corrected chi connectivity index (χ0v) is 13.0. The van der Waals surface area contributed by atoms with E-state index in [1.165, 1.54) is 12.1 Å². The van der Waals surface area contributed by atoms with Crippen LogP contribution in [0.4, 0.5) is 4.39 Å². The molecule has 0 saturated carbocycles. The van der Waals surface area contributed by atoms with E-state index in [0.29, 0.717) is 50.6 Å². The largest absolute Gasteiger partial charge is 0.380 e. The lowest BCUT2D eigenvalue weighted by atomic mass is 10.1. The van der Waals surface area contributed by atoms with Crippen LogP contribution in [0, 0.1) is 12.7 Å². The number of carbonyl (C=O) groups excluding carboxylic acids is 1. The van der Waals surface area contributed by atoms with Crippen LogP contribution in [0.3, 0.4) is 0 Å². The van der Waals surface area contributed by atoms with Crippen LogP contribution in [0.25, 0.3) is 0 Å². The van der Waals surface area contributed by atoms with Crippen molar-refractivity contribution in [2.24, 2.45) is 0 Å². The minimum Gasteiger partial charge on any atom is -0.380 e. The van der Waals surface area contributed by atoms with E-state index in [2.05, 4.69) is 0 Å². The van der Waals surface area contributed by atoms with Gasteiger partial charge >= 0.3 is 0 Å². The molecule has 0 aliphatic rings. The summed E-state index contributed by atoms with van der Waals surface area (Å²) in [6, 6.07) is 4.41. The first-order chi connectivity index (χ1) is 10.1. The molecule has 0 aromatic heterocycles. The second-order valence-electron chi connectivity index (χ2n) is 4.65. The molecule has 0 atom stereocenters. The number of hydrogen-bond acceptors (Lipinski definition) is 3. The summed E-state index contributed by atoms with van der Waals surface area (Å²) in [6.45, 7) is 8.66. The van der Waals surface area contributed by atoms with Gasteiger partial charge in [-0.15, -0.1) is 0 Å². The van der Waals surface area contributed by atoms with Gasteiger partial charge in [0.15, 0.2) is 0 Å². The summed E-state index contributed by atoms with van der Waals surface area (Å²) < 4.78 is 23.9. The number of halogens is 1. The maximum Gasteiger partial charge on any atom is 0.254 e. The van der Waals surface area contributed by atoms with Gasteiger partial charge in [-0.2, -0.15) is 0 Å². The first-order valence-electron chi connectivity index (χ1n) is 7.31. The molecule has 0 aliphatic heterocycles. The average Bonchev–Trinajstić information content (AvgIpc) is 2.48. The van der Waals surface area contributed by atoms with E-state index in [0.717, 1.165) is 0 Å². The van der Waals surface area contributed by atoms with E-state index >= 15 is 0 Å². The molecule has 1 aromatic rings. The number of amides is 1. The van der Waals surface area contributed by atoms with Crippen molar-refractivity contribution in [3.8, 4) is 0 Å². The Morgan fingerprint density at radius 2 is 1.71 bits per heavy atom. The monoisotopic (exact) mass is 297 g/mol. The Morgan fingerprint density at radius 3 is 2.19 bits per heavy atom. The average molecular weight is 297 g/mol. The maximum absolute atomic E-state index is 13.3. The van der Waals surface area contributed by atoms with Gasteiger partial charge in [0.2, 0.25) is 0 Å². The topological polar surface area (TPSA) is 38.8 Å². The number of carbonyl (C=O) groups is 1. The third-order valence-corrected chi connectivity index (χ3v) is 3.11. The molecule has 21 heavy (non-hydrogen) atoms. The SMILES string of the molecule is CCOCCN(CCOCC)C(=O)c1ccc(F)c(C)c1. The van der Waals surface area contributed by atoms with Crippen molar-refractivity contribution in [3.05, 3.63) is 35.1 Å². The van der Waals surface area contributed by atoms with Crippen LogP contribution in [0.5, 0.6) is 0 Å². The van der Waals surface area contributed by atoms with Crippen LogP contribution in [0.15, 0.2) is 18.2 Å². The third kappa shape index (κ3) is 5.81. The van der Waals surface area contributed by atoms with Gasteiger partial charge in [-0.3, -0.25) is 4.79 Å². The van der Waals surface area contributed by atoms with Crippen molar-refractivity contribution in [3.63, 3.8) is 0 Å². The Labute approximate surface area is 125 Å². The first-order valence-corrected chi connectivity index (χ1v) is 7.31. The molecule has 0 aliphatic carbocycles. The van der Waals surface area contributed by atoms with Gasteiger partial charge in [0, 0.05) is 31.9 Å². The summed E-state index contributed by atoms with van der Waals surface area (Å²) >= 11 is 0. The Morgan fingerprint density at radius 1 is 1.14 bits per heavy atom. The summed E-state index contributed by atoms with van der Waals surface area (Å²) in [6.07, 6.45) is 0. The molecule has 0 saturated heterocycles. The third-order valence-electron chi connectivity index (χ3n) is 3.11. The molecule has 0 unspecified atom stereocenters. The lowest BCUT2D eigenvalue weighted by Crippen LogP contribution is -2.36. The minimum absolute atomic E-state index is 0.127. The van der Waals surface area contributed by atoms with Crippen LogP contribution < -0.4 is 0 Å². The number of hydrogen-bond donors (Lipinski definition) is 0. The highest BCUT2D eigenvalue weighted by atomic mass is 19.1. The highest BCUT2D eigenvalue weighted by Gasteiger charge is 2.16. The Kier molecular flexibility index (Phi) is 7.93. The smallest absolute Gasteiger partial charge is 0.254 e. The van der Waals surface area contributed by atoms with Crippen LogP contribution in [0.2, 0.25) is 0 Å². The maximum atomic E-state index is 13.3. The quantitative estimate of drug-likeness (QED) is 0.658. The Hall–Kier alpha value is -1.46. The van der Waals surface area contributed by atoms with E-state index in [1.807, 2.05) is 13.8 Å². The van der Waals surface area contributed by atoms with Crippen LogP contribution in [-0.2, 0) is 9.47 Å². The van der Waals surface area contributed by atoms with Crippen LogP contribution in [0.1, 0.15) is 29.8 Å². The lowest BCUT2D eigenvalue weighted by molar-refractivity contribution is 0.0550. The summed E-state index contributed by atoms with van der Waals surface area (Å²) in [5.41, 5.74) is 0.956. The first kappa shape index (κ1) is 17.6. The number of rotatable bonds is 9. The molecule has 0 radical (unpaired) electrons. The Bertz CT molecular complexity index is 441. The summed E-state index contributed by atoms with van der Waals surface area (Å²) in [7, 11) is 0. The van der Waals surface area contributed by atoms with Crippen LogP contribution >= 0.6 is 0 Å². The molecule has 0 spiro atoms. The number of nitrogens with zero attached hydrogens (tertiary/aromatic N) is 1. The summed E-state index contributed by atoms with van der Waals surface area (Å²) in [4.78, 5) is 14.2. The molecule has 5 heteroatoms. The molecule has 1 aromatic carbocycles. The summed E-state index contributed by atoms with van der Waals surface area (Å²) in [5, 5.41) is 0. The molecular weight excluding hydrogens is 273 g/mol. The van der Waals surface area contributed by atoms with Crippen molar-refractivity contribution in [2.45, 2.75) is 20.8 Å². The van der Waals surface area contributed by atoms with Gasteiger partial charge in [-0.05, 0) is 44.5 Å².